The van der Waals surface area contributed by atoms with Gasteiger partial charge in [0.2, 0.25) is 11.8 Å². The highest BCUT2D eigenvalue weighted by molar-refractivity contribution is 7.90. The molecule has 0 aliphatic rings. The van der Waals surface area contributed by atoms with Gasteiger partial charge in [-0.15, -0.1) is 0 Å². The van der Waals surface area contributed by atoms with Gasteiger partial charge in [-0.2, -0.15) is 28.1 Å². The number of halogens is 4. The molecule has 1 aromatic heterocycles. The van der Waals surface area contributed by atoms with Gasteiger partial charge in [0, 0.05) is 5.02 Å². The average molecular weight is 470 g/mol. The van der Waals surface area contributed by atoms with Crippen LogP contribution in [0.3, 0.4) is 0 Å². The highest BCUT2D eigenvalue weighted by Crippen LogP contribution is 2.27. The Kier molecular flexibility index (Phi) is 6.66. The second kappa shape index (κ2) is 8.66. The zero-order valence-corrected chi connectivity index (χ0v) is 16.5. The van der Waals surface area contributed by atoms with Crippen LogP contribution < -0.4 is 14.8 Å². The predicted octanol–water partition coefficient (Wildman–Crippen LogP) is 1.85. The van der Waals surface area contributed by atoms with E-state index in [0.717, 1.165) is 26.4 Å². The minimum atomic E-state index is -4.99. The van der Waals surface area contributed by atoms with Crippen LogP contribution in [0.1, 0.15) is 16.2 Å². The Bertz CT molecular complexity index is 1100. The number of urea groups is 1. The summed E-state index contributed by atoms with van der Waals surface area (Å²) in [6, 6.07) is 0.817. The molecule has 162 valence electrons. The zero-order valence-electron chi connectivity index (χ0n) is 14.9. The normalized spacial score (nSPS) is 11.5. The fourth-order valence-electron chi connectivity index (χ4n) is 1.93. The summed E-state index contributed by atoms with van der Waals surface area (Å²) in [5.74, 6) is -3.67. The molecule has 2 amide bonds. The van der Waals surface area contributed by atoms with E-state index in [9.17, 15) is 31.2 Å². The van der Waals surface area contributed by atoms with Gasteiger partial charge < -0.3 is 9.47 Å². The number of hydrogen-bond donors (Lipinski definition) is 2. The Morgan fingerprint density at radius 2 is 1.80 bits per heavy atom. The third-order valence-electron chi connectivity index (χ3n) is 3.14. The molecule has 11 nitrogen and oxygen atoms in total. The van der Waals surface area contributed by atoms with Crippen LogP contribution in [0.15, 0.2) is 23.1 Å². The first-order chi connectivity index (χ1) is 13.9. The summed E-state index contributed by atoms with van der Waals surface area (Å²) in [6.45, 7) is 0. The predicted molar refractivity (Wildman–Crippen MR) is 93.5 cm³/mol. The van der Waals surface area contributed by atoms with Crippen molar-refractivity contribution in [2.24, 2.45) is 0 Å². The second-order valence-electron chi connectivity index (χ2n) is 5.16. The number of methoxy groups -OCH3 is 2. The number of carbonyl (C=O) groups is 2. The summed E-state index contributed by atoms with van der Waals surface area (Å²) in [6.07, 6.45) is -4.99. The van der Waals surface area contributed by atoms with Gasteiger partial charge in [0.15, 0.2) is 0 Å². The maximum atomic E-state index is 12.8. The molecule has 0 unspecified atom stereocenters. The molecule has 1 heterocycles. The standard InChI is InChI=1S/C14H11ClF3N5O6S/c1-28-9(24)7-4-3-6(15)5-8(7)30(26,27)23-12(25)21-11-19-10(14(16,17)18)20-13(22-11)29-2/h3-5H,1-2H3,(H2,19,20,21,22,23,25). The molecule has 2 N–H and O–H groups in total. The van der Waals surface area contributed by atoms with Crippen LogP contribution >= 0.6 is 11.6 Å². The molecule has 2 aromatic rings. The van der Waals surface area contributed by atoms with Gasteiger partial charge >= 0.3 is 24.2 Å². The van der Waals surface area contributed by atoms with Crippen molar-refractivity contribution >= 4 is 39.6 Å². The van der Waals surface area contributed by atoms with Gasteiger partial charge in [-0.3, -0.25) is 5.32 Å². The molecular weight excluding hydrogens is 459 g/mol. The van der Waals surface area contributed by atoms with Crippen molar-refractivity contribution in [1.82, 2.24) is 19.7 Å². The Hall–Kier alpha value is -3.20. The third-order valence-corrected chi connectivity index (χ3v) is 4.75. The highest BCUT2D eigenvalue weighted by atomic mass is 35.5. The third kappa shape index (κ3) is 5.44. The van der Waals surface area contributed by atoms with Crippen LogP contribution in [0.4, 0.5) is 23.9 Å². The number of nitrogens with zero attached hydrogens (tertiary/aromatic N) is 3. The van der Waals surface area contributed by atoms with Crippen molar-refractivity contribution < 1.29 is 40.7 Å². The molecule has 16 heteroatoms. The number of alkyl halides is 3. The van der Waals surface area contributed by atoms with E-state index in [1.54, 1.807) is 5.32 Å². The van der Waals surface area contributed by atoms with E-state index < -0.39 is 56.4 Å². The van der Waals surface area contributed by atoms with Gasteiger partial charge in [0.25, 0.3) is 10.0 Å². The molecule has 0 bridgehead atoms. The molecule has 0 radical (unpaired) electrons. The number of carbonyl (C=O) groups excluding carboxylic acids is 2. The SMILES string of the molecule is COC(=O)c1ccc(Cl)cc1S(=O)(=O)NC(=O)Nc1nc(OC)nc(C(F)(F)F)n1. The molecule has 2 rings (SSSR count). The van der Waals surface area contributed by atoms with Crippen molar-refractivity contribution in [2.45, 2.75) is 11.1 Å². The summed E-state index contributed by atoms with van der Waals surface area (Å²) in [5.41, 5.74) is -0.441. The molecule has 0 aliphatic heterocycles. The molecule has 0 fully saturated rings. The van der Waals surface area contributed by atoms with Crippen LogP contribution in [0, 0.1) is 0 Å². The summed E-state index contributed by atoms with van der Waals surface area (Å²) in [7, 11) is -2.74. The number of hydrogen-bond acceptors (Lipinski definition) is 9. The number of benzene rings is 1. The van der Waals surface area contributed by atoms with E-state index in [4.69, 9.17) is 11.6 Å². The number of amides is 2. The molecular formula is C14H11ClF3N5O6S. The van der Waals surface area contributed by atoms with Crippen LogP contribution in [0.5, 0.6) is 6.01 Å². The van der Waals surface area contributed by atoms with Crippen molar-refractivity contribution in [3.8, 4) is 6.01 Å². The lowest BCUT2D eigenvalue weighted by Gasteiger charge is -2.12. The van der Waals surface area contributed by atoms with Crippen LogP contribution in [0.25, 0.3) is 0 Å². The molecule has 0 atom stereocenters. The number of esters is 1. The van der Waals surface area contributed by atoms with Crippen molar-refractivity contribution in [3.63, 3.8) is 0 Å². The van der Waals surface area contributed by atoms with Gasteiger partial charge in [0.1, 0.15) is 4.90 Å². The first-order valence-electron chi connectivity index (χ1n) is 7.46. The van der Waals surface area contributed by atoms with Crippen LogP contribution in [0.2, 0.25) is 5.02 Å². The Balaban J connectivity index is 2.33. The number of ether oxygens (including phenoxy) is 2. The smallest absolute Gasteiger partial charge is 0.451 e. The molecule has 0 saturated heterocycles. The molecule has 0 aliphatic carbocycles. The summed E-state index contributed by atoms with van der Waals surface area (Å²) in [5, 5.41) is 1.63. The lowest BCUT2D eigenvalue weighted by molar-refractivity contribution is -0.145. The van der Waals surface area contributed by atoms with Crippen LogP contribution in [-0.2, 0) is 20.9 Å². The second-order valence-corrected chi connectivity index (χ2v) is 7.25. The van der Waals surface area contributed by atoms with E-state index in [2.05, 4.69) is 24.4 Å². The largest absolute Gasteiger partial charge is 0.467 e. The van der Waals surface area contributed by atoms with Gasteiger partial charge in [-0.1, -0.05) is 11.6 Å². The number of aromatic nitrogens is 3. The Labute approximate surface area is 171 Å². The number of rotatable bonds is 5. The van der Waals surface area contributed by atoms with E-state index in [0.29, 0.717) is 0 Å². The quantitative estimate of drug-likeness (QED) is 0.625. The highest BCUT2D eigenvalue weighted by Gasteiger charge is 2.36. The maximum Gasteiger partial charge on any atom is 0.451 e. The fourth-order valence-corrected chi connectivity index (χ4v) is 3.30. The Morgan fingerprint density at radius 3 is 2.37 bits per heavy atom. The number of nitrogens with one attached hydrogen (secondary N) is 2. The molecule has 0 spiro atoms. The van der Waals surface area contributed by atoms with E-state index in [1.807, 2.05) is 0 Å². The molecule has 1 aromatic carbocycles. The topological polar surface area (TPSA) is 149 Å². The summed E-state index contributed by atoms with van der Waals surface area (Å²) < 4.78 is 73.9. The minimum absolute atomic E-state index is 0.0829. The Morgan fingerprint density at radius 1 is 1.13 bits per heavy atom. The molecule has 30 heavy (non-hydrogen) atoms. The van der Waals surface area contributed by atoms with Crippen LogP contribution in [-0.4, -0.2) is 49.6 Å². The van der Waals surface area contributed by atoms with Gasteiger partial charge in [-0.25, -0.2) is 22.7 Å². The number of anilines is 1. The fraction of sp³-hybridized carbons (Fsp3) is 0.214. The zero-order chi connectivity index (χ0) is 22.7. The lowest BCUT2D eigenvalue weighted by Crippen LogP contribution is -2.36. The first kappa shape index (κ1) is 23.1. The minimum Gasteiger partial charge on any atom is -0.467 e. The van der Waals surface area contributed by atoms with Crippen molar-refractivity contribution in [1.29, 1.82) is 0 Å². The monoisotopic (exact) mass is 469 g/mol. The summed E-state index contributed by atoms with van der Waals surface area (Å²) in [4.78, 5) is 32.4. The van der Waals surface area contributed by atoms with E-state index in [1.165, 1.54) is 10.8 Å². The maximum absolute atomic E-state index is 12.8. The average Bonchev–Trinajstić information content (AvgIpc) is 2.65. The van der Waals surface area contributed by atoms with Crippen molar-refractivity contribution in [3.05, 3.63) is 34.6 Å². The summed E-state index contributed by atoms with van der Waals surface area (Å²) >= 11 is 5.74. The van der Waals surface area contributed by atoms with E-state index in [-0.39, 0.29) is 5.02 Å². The van der Waals surface area contributed by atoms with Gasteiger partial charge in [0.05, 0.1) is 19.8 Å². The first-order valence-corrected chi connectivity index (χ1v) is 9.32. The van der Waals surface area contributed by atoms with E-state index >= 15 is 0 Å². The number of sulfonamides is 1. The lowest BCUT2D eigenvalue weighted by atomic mass is 10.2. The van der Waals surface area contributed by atoms with Crippen molar-refractivity contribution in [2.75, 3.05) is 19.5 Å². The molecule has 0 saturated carbocycles. The van der Waals surface area contributed by atoms with Gasteiger partial charge in [-0.05, 0) is 18.2 Å².